The Kier molecular flexibility index (Phi) is 4.27. The lowest BCUT2D eigenvalue weighted by molar-refractivity contribution is 0.667. The number of hydrogen-bond acceptors (Lipinski definition) is 5. The minimum absolute atomic E-state index is 0.594. The van der Waals surface area contributed by atoms with Crippen molar-refractivity contribution in [2.24, 2.45) is 0 Å². The molecule has 8 aromatic rings. The summed E-state index contributed by atoms with van der Waals surface area (Å²) in [6, 6.07) is 37.9. The van der Waals surface area contributed by atoms with Gasteiger partial charge in [-0.25, -0.2) is 9.97 Å². The highest BCUT2D eigenvalue weighted by Crippen LogP contribution is 2.52. The summed E-state index contributed by atoms with van der Waals surface area (Å²) in [5.41, 5.74) is 8.34. The van der Waals surface area contributed by atoms with Crippen LogP contribution in [-0.4, -0.2) is 15.0 Å². The average Bonchev–Trinajstić information content (AvgIpc) is 3.40. The number of rotatable bonds is 2. The largest absolute Gasteiger partial charge is 0.452 e. The third-order valence-electron chi connectivity index (χ3n) is 7.88. The van der Waals surface area contributed by atoms with E-state index >= 15 is 0 Å². The Balaban J connectivity index is 1.44. The topological polar surface area (TPSA) is 55.1 Å². The number of fused-ring (bicyclic) bond motifs is 7. The number of hydrogen-bond donors (Lipinski definition) is 0. The zero-order chi connectivity index (χ0) is 26.2. The van der Waals surface area contributed by atoms with Gasteiger partial charge in [0.05, 0.1) is 11.4 Å². The first-order valence-electron chi connectivity index (χ1n) is 13.3. The van der Waals surface area contributed by atoms with E-state index in [0.717, 1.165) is 39.1 Å². The molecule has 5 heteroatoms. The van der Waals surface area contributed by atoms with Gasteiger partial charge in [-0.15, -0.1) is 0 Å². The molecule has 3 aromatic heterocycles. The molecule has 0 saturated carbocycles. The van der Waals surface area contributed by atoms with Crippen molar-refractivity contribution >= 4 is 60.9 Å². The van der Waals surface area contributed by atoms with Crippen LogP contribution in [-0.2, 0) is 0 Å². The molecule has 0 unspecified atom stereocenters. The number of para-hydroxylation sites is 1. The molecule has 9 rings (SSSR count). The molecular formula is C35H20N4O. The minimum Gasteiger partial charge on any atom is -0.452 e. The zero-order valence-electron chi connectivity index (χ0n) is 21.2. The SMILES string of the molecule is c1cncc(-c2nc(N3c4ccc5ccccc5c4-c4cccc5cccc3c45)nc3c2oc2ccccc23)c1. The van der Waals surface area contributed by atoms with Crippen LogP contribution in [0, 0.1) is 0 Å². The molecule has 40 heavy (non-hydrogen) atoms. The normalized spacial score (nSPS) is 12.4. The second kappa shape index (κ2) is 7.98. The van der Waals surface area contributed by atoms with Gasteiger partial charge in [-0.1, -0.05) is 72.8 Å². The van der Waals surface area contributed by atoms with E-state index in [-0.39, 0.29) is 0 Å². The smallest absolute Gasteiger partial charge is 0.236 e. The molecule has 0 radical (unpaired) electrons. The van der Waals surface area contributed by atoms with Gasteiger partial charge in [-0.3, -0.25) is 9.88 Å². The van der Waals surface area contributed by atoms with E-state index in [2.05, 4.69) is 88.7 Å². The van der Waals surface area contributed by atoms with E-state index in [1.807, 2.05) is 36.5 Å². The molecule has 5 nitrogen and oxygen atoms in total. The van der Waals surface area contributed by atoms with E-state index in [9.17, 15) is 0 Å². The summed E-state index contributed by atoms with van der Waals surface area (Å²) in [5, 5.41) is 5.74. The third kappa shape index (κ3) is 2.89. The predicted molar refractivity (Wildman–Crippen MR) is 161 cm³/mol. The number of nitrogens with zero attached hydrogens (tertiary/aromatic N) is 4. The quantitative estimate of drug-likeness (QED) is 0.231. The van der Waals surface area contributed by atoms with Crippen molar-refractivity contribution in [2.75, 3.05) is 4.90 Å². The summed E-state index contributed by atoms with van der Waals surface area (Å²) in [4.78, 5) is 17.0. The van der Waals surface area contributed by atoms with Crippen LogP contribution in [0.15, 0.2) is 126 Å². The summed E-state index contributed by atoms with van der Waals surface area (Å²) in [7, 11) is 0. The van der Waals surface area contributed by atoms with E-state index in [0.29, 0.717) is 11.5 Å². The van der Waals surface area contributed by atoms with Gasteiger partial charge >= 0.3 is 0 Å². The second-order valence-electron chi connectivity index (χ2n) is 10.1. The van der Waals surface area contributed by atoms with Crippen LogP contribution in [0.5, 0.6) is 0 Å². The molecule has 4 heterocycles. The number of pyridine rings is 1. The highest BCUT2D eigenvalue weighted by molar-refractivity contribution is 6.19. The van der Waals surface area contributed by atoms with Crippen LogP contribution < -0.4 is 4.90 Å². The van der Waals surface area contributed by atoms with Gasteiger partial charge < -0.3 is 4.42 Å². The molecule has 186 valence electrons. The lowest BCUT2D eigenvalue weighted by atomic mass is 9.88. The molecule has 0 fully saturated rings. The average molecular weight is 513 g/mol. The van der Waals surface area contributed by atoms with Crippen LogP contribution in [0.1, 0.15) is 0 Å². The lowest BCUT2D eigenvalue weighted by Gasteiger charge is -2.32. The van der Waals surface area contributed by atoms with Gasteiger partial charge in [0, 0.05) is 34.3 Å². The van der Waals surface area contributed by atoms with Crippen molar-refractivity contribution in [3.63, 3.8) is 0 Å². The Bertz CT molecular complexity index is 2280. The molecule has 5 aromatic carbocycles. The maximum absolute atomic E-state index is 6.35. The van der Waals surface area contributed by atoms with Crippen LogP contribution in [0.25, 0.3) is 66.0 Å². The fourth-order valence-electron chi connectivity index (χ4n) is 6.17. The molecule has 0 atom stereocenters. The van der Waals surface area contributed by atoms with E-state index < -0.39 is 0 Å². The maximum atomic E-state index is 6.35. The summed E-state index contributed by atoms with van der Waals surface area (Å²) >= 11 is 0. The minimum atomic E-state index is 0.594. The van der Waals surface area contributed by atoms with Crippen molar-refractivity contribution in [1.82, 2.24) is 15.0 Å². The maximum Gasteiger partial charge on any atom is 0.236 e. The van der Waals surface area contributed by atoms with Gasteiger partial charge in [0.15, 0.2) is 5.58 Å². The zero-order valence-corrected chi connectivity index (χ0v) is 21.2. The lowest BCUT2D eigenvalue weighted by Crippen LogP contribution is -2.18. The van der Waals surface area contributed by atoms with Crippen LogP contribution >= 0.6 is 0 Å². The summed E-state index contributed by atoms with van der Waals surface area (Å²) in [5.74, 6) is 0.594. The molecule has 0 spiro atoms. The highest BCUT2D eigenvalue weighted by Gasteiger charge is 2.30. The van der Waals surface area contributed by atoms with Crippen molar-refractivity contribution < 1.29 is 4.42 Å². The number of anilines is 3. The number of aromatic nitrogens is 3. The van der Waals surface area contributed by atoms with Gasteiger partial charge in [-0.05, 0) is 58.1 Å². The predicted octanol–water partition coefficient (Wildman–Crippen LogP) is 9.19. The Morgan fingerprint density at radius 1 is 0.625 bits per heavy atom. The second-order valence-corrected chi connectivity index (χ2v) is 10.1. The van der Waals surface area contributed by atoms with Crippen LogP contribution in [0.2, 0.25) is 0 Å². The first-order chi connectivity index (χ1) is 19.8. The Morgan fingerprint density at radius 3 is 2.35 bits per heavy atom. The molecule has 0 aliphatic carbocycles. The Labute approximate surface area is 229 Å². The molecule has 0 N–H and O–H groups in total. The highest BCUT2D eigenvalue weighted by atomic mass is 16.3. The third-order valence-corrected chi connectivity index (χ3v) is 7.88. The number of furan rings is 1. The molecule has 0 bridgehead atoms. The van der Waals surface area contributed by atoms with Gasteiger partial charge in [0.25, 0.3) is 0 Å². The molecule has 1 aliphatic rings. The first-order valence-corrected chi connectivity index (χ1v) is 13.3. The van der Waals surface area contributed by atoms with E-state index in [1.165, 1.54) is 32.7 Å². The van der Waals surface area contributed by atoms with Crippen LogP contribution in [0.3, 0.4) is 0 Å². The van der Waals surface area contributed by atoms with Crippen molar-refractivity contribution in [1.29, 1.82) is 0 Å². The van der Waals surface area contributed by atoms with Gasteiger partial charge in [-0.2, -0.15) is 0 Å². The van der Waals surface area contributed by atoms with Crippen molar-refractivity contribution in [3.8, 4) is 22.4 Å². The standard InChI is InChI=1S/C35H20N4O/c1-2-12-24-21(8-1)17-18-28-31(24)26-14-5-9-22-10-6-15-27(30(22)26)39(28)35-37-32(23-11-7-19-36-20-23)34-33(38-35)25-13-3-4-16-29(25)40-34/h1-20H. The van der Waals surface area contributed by atoms with Crippen molar-refractivity contribution in [2.45, 2.75) is 0 Å². The summed E-state index contributed by atoms with van der Waals surface area (Å²) in [6.45, 7) is 0. The van der Waals surface area contributed by atoms with Crippen LogP contribution in [0.4, 0.5) is 17.3 Å². The van der Waals surface area contributed by atoms with Gasteiger partial charge in [0.1, 0.15) is 16.8 Å². The summed E-state index contributed by atoms with van der Waals surface area (Å²) < 4.78 is 6.35. The fraction of sp³-hybridized carbons (Fsp3) is 0. The Hall–Kier alpha value is -5.55. The Morgan fingerprint density at radius 2 is 1.45 bits per heavy atom. The van der Waals surface area contributed by atoms with Gasteiger partial charge in [0.2, 0.25) is 5.95 Å². The summed E-state index contributed by atoms with van der Waals surface area (Å²) in [6.07, 6.45) is 3.59. The monoisotopic (exact) mass is 512 g/mol. The molecular weight excluding hydrogens is 492 g/mol. The van der Waals surface area contributed by atoms with E-state index in [1.54, 1.807) is 6.20 Å². The van der Waals surface area contributed by atoms with Crippen molar-refractivity contribution in [3.05, 3.63) is 122 Å². The molecule has 1 aliphatic heterocycles. The first kappa shape index (κ1) is 21.4. The fourth-order valence-corrected chi connectivity index (χ4v) is 6.17. The van der Waals surface area contributed by atoms with E-state index in [4.69, 9.17) is 14.4 Å². The molecule has 0 amide bonds. The molecule has 0 saturated heterocycles. The number of benzene rings is 5.